The van der Waals surface area contributed by atoms with Crippen molar-refractivity contribution in [2.75, 3.05) is 19.6 Å². The van der Waals surface area contributed by atoms with Gasteiger partial charge in [-0.05, 0) is 45.0 Å². The molecule has 152 valence electrons. The van der Waals surface area contributed by atoms with Crippen molar-refractivity contribution in [3.05, 3.63) is 42.6 Å². The first-order valence-corrected chi connectivity index (χ1v) is 10.1. The highest BCUT2D eigenvalue weighted by atomic mass is 19.1. The van der Waals surface area contributed by atoms with Crippen LogP contribution in [0.3, 0.4) is 0 Å². The van der Waals surface area contributed by atoms with E-state index < -0.39 is 6.17 Å². The van der Waals surface area contributed by atoms with Crippen molar-refractivity contribution in [1.82, 2.24) is 24.6 Å². The van der Waals surface area contributed by atoms with Crippen molar-refractivity contribution in [1.29, 1.82) is 0 Å². The van der Waals surface area contributed by atoms with Crippen LogP contribution in [0.4, 0.5) is 4.39 Å². The van der Waals surface area contributed by atoms with Crippen LogP contribution in [0.1, 0.15) is 25.5 Å². The molecule has 0 amide bonds. The van der Waals surface area contributed by atoms with Gasteiger partial charge in [0, 0.05) is 60.5 Å². The largest absolute Gasteiger partial charge is 0.300 e. The molecule has 4 heterocycles. The minimum absolute atomic E-state index is 0.0403. The van der Waals surface area contributed by atoms with E-state index >= 15 is 0 Å². The summed E-state index contributed by atoms with van der Waals surface area (Å²) in [5, 5.41) is 5.18. The van der Waals surface area contributed by atoms with Crippen LogP contribution in [-0.2, 0) is 18.3 Å². The van der Waals surface area contributed by atoms with Crippen molar-refractivity contribution in [3.63, 3.8) is 0 Å². The number of carbonyl (C=O) groups is 1. The lowest BCUT2D eigenvalue weighted by molar-refractivity contribution is -0.123. The van der Waals surface area contributed by atoms with Gasteiger partial charge >= 0.3 is 0 Å². The van der Waals surface area contributed by atoms with Gasteiger partial charge in [-0.2, -0.15) is 5.10 Å². The number of alkyl halides is 1. The van der Waals surface area contributed by atoms with Gasteiger partial charge in [-0.1, -0.05) is 0 Å². The molecular weight excluding hydrogens is 369 g/mol. The maximum atomic E-state index is 13.2. The Morgan fingerprint density at radius 1 is 1.17 bits per heavy atom. The summed E-state index contributed by atoms with van der Waals surface area (Å²) in [6, 6.07) is 4.02. The number of likely N-dealkylation sites (tertiary alicyclic amines) is 1. The molecule has 0 bridgehead atoms. The van der Waals surface area contributed by atoms with Crippen LogP contribution in [0, 0.1) is 5.92 Å². The molecule has 3 aromatic rings. The molecule has 0 saturated carbocycles. The third-order valence-corrected chi connectivity index (χ3v) is 5.57. The van der Waals surface area contributed by atoms with Gasteiger partial charge < -0.3 is 4.90 Å². The molecule has 7 heteroatoms. The number of rotatable bonds is 6. The summed E-state index contributed by atoms with van der Waals surface area (Å²) >= 11 is 0. The fraction of sp³-hybridized carbons (Fsp3) is 0.455. The molecule has 1 fully saturated rings. The Kier molecular flexibility index (Phi) is 5.67. The molecule has 3 aromatic heterocycles. The lowest BCUT2D eigenvalue weighted by atomic mass is 9.90. The maximum Gasteiger partial charge on any atom is 0.142 e. The van der Waals surface area contributed by atoms with Crippen molar-refractivity contribution in [2.45, 2.75) is 32.4 Å². The van der Waals surface area contributed by atoms with Gasteiger partial charge in [0.25, 0.3) is 0 Å². The zero-order valence-electron chi connectivity index (χ0n) is 16.9. The van der Waals surface area contributed by atoms with Gasteiger partial charge in [0.2, 0.25) is 0 Å². The number of Topliss-reactive ketones (excluding diaryl/α,β-unsaturated/α-hetero) is 1. The van der Waals surface area contributed by atoms with E-state index in [1.54, 1.807) is 17.8 Å². The van der Waals surface area contributed by atoms with E-state index in [1.807, 2.05) is 31.7 Å². The summed E-state index contributed by atoms with van der Waals surface area (Å²) < 4.78 is 14.9. The number of hydrogen-bond acceptors (Lipinski definition) is 5. The molecule has 6 nitrogen and oxygen atoms in total. The third-order valence-electron chi connectivity index (χ3n) is 5.57. The standard InChI is InChI=1S/C22H26FN5O/c1-15(23)13-28-5-3-16(4-6-28)22(29)9-20-8-17-7-18(10-25-21(17)12-24-20)19-11-26-27(2)14-19/h7-8,10-12,14-16H,3-6,9,13H2,1-2H3/t15-/m1/s1. The van der Waals surface area contributed by atoms with Crippen molar-refractivity contribution < 1.29 is 9.18 Å². The summed E-state index contributed by atoms with van der Waals surface area (Å²) in [7, 11) is 1.88. The topological polar surface area (TPSA) is 63.9 Å². The predicted octanol–water partition coefficient (Wildman–Crippen LogP) is 3.21. The van der Waals surface area contributed by atoms with Gasteiger partial charge in [-0.3, -0.25) is 19.4 Å². The molecule has 0 aromatic carbocycles. The summed E-state index contributed by atoms with van der Waals surface area (Å²) in [5.74, 6) is 0.264. The van der Waals surface area contributed by atoms with Crippen molar-refractivity contribution >= 4 is 16.7 Å². The fourth-order valence-corrected chi connectivity index (χ4v) is 4.02. The highest BCUT2D eigenvalue weighted by Crippen LogP contribution is 2.24. The fourth-order valence-electron chi connectivity index (χ4n) is 4.02. The average Bonchev–Trinajstić information content (AvgIpc) is 3.14. The van der Waals surface area contributed by atoms with Gasteiger partial charge in [0.05, 0.1) is 17.9 Å². The first kappa shape index (κ1) is 19.6. The molecule has 0 spiro atoms. The number of aromatic nitrogens is 4. The lowest BCUT2D eigenvalue weighted by Gasteiger charge is -2.31. The quantitative estimate of drug-likeness (QED) is 0.641. The first-order valence-electron chi connectivity index (χ1n) is 10.1. The van der Waals surface area contributed by atoms with E-state index in [9.17, 15) is 9.18 Å². The number of nitrogens with zero attached hydrogens (tertiary/aromatic N) is 5. The van der Waals surface area contributed by atoms with Gasteiger partial charge in [0.1, 0.15) is 12.0 Å². The number of ketones is 1. The summed E-state index contributed by atoms with van der Waals surface area (Å²) in [6.07, 6.45) is 8.41. The molecule has 0 N–H and O–H groups in total. The molecule has 0 unspecified atom stereocenters. The normalized spacial score (nSPS) is 16.9. The summed E-state index contributed by atoms with van der Waals surface area (Å²) in [4.78, 5) is 23.8. The maximum absolute atomic E-state index is 13.2. The van der Waals surface area contributed by atoms with Crippen LogP contribution < -0.4 is 0 Å². The zero-order chi connectivity index (χ0) is 20.4. The molecule has 4 rings (SSSR count). The second kappa shape index (κ2) is 8.37. The van der Waals surface area contributed by atoms with E-state index in [1.165, 1.54) is 0 Å². The predicted molar refractivity (Wildman–Crippen MR) is 110 cm³/mol. The van der Waals surface area contributed by atoms with E-state index in [-0.39, 0.29) is 11.7 Å². The third kappa shape index (κ3) is 4.67. The molecule has 1 saturated heterocycles. The van der Waals surface area contributed by atoms with Crippen LogP contribution >= 0.6 is 0 Å². The van der Waals surface area contributed by atoms with E-state index in [4.69, 9.17) is 0 Å². The molecule has 1 atom stereocenters. The highest BCUT2D eigenvalue weighted by molar-refractivity contribution is 5.86. The monoisotopic (exact) mass is 395 g/mol. The highest BCUT2D eigenvalue weighted by Gasteiger charge is 2.25. The zero-order valence-corrected chi connectivity index (χ0v) is 16.9. The second-order valence-corrected chi connectivity index (χ2v) is 7.99. The molecule has 0 aliphatic carbocycles. The van der Waals surface area contributed by atoms with Crippen LogP contribution in [-0.4, -0.2) is 56.2 Å². The number of carbonyl (C=O) groups excluding carboxylic acids is 1. The Morgan fingerprint density at radius 3 is 2.66 bits per heavy atom. The number of fused-ring (bicyclic) bond motifs is 1. The molecular formula is C22H26FN5O. The Labute approximate surface area is 169 Å². The molecule has 1 aliphatic heterocycles. The van der Waals surface area contributed by atoms with Gasteiger partial charge in [-0.25, -0.2) is 4.39 Å². The molecule has 0 radical (unpaired) electrons. The van der Waals surface area contributed by atoms with Crippen LogP contribution in [0.2, 0.25) is 0 Å². The van der Waals surface area contributed by atoms with Crippen LogP contribution in [0.15, 0.2) is 36.9 Å². The lowest BCUT2D eigenvalue weighted by Crippen LogP contribution is -2.39. The smallest absolute Gasteiger partial charge is 0.142 e. The summed E-state index contributed by atoms with van der Waals surface area (Å²) in [5.41, 5.74) is 3.57. The number of halogens is 1. The number of aryl methyl sites for hydroxylation is 1. The number of piperidine rings is 1. The number of pyridine rings is 2. The Hall–Kier alpha value is -2.67. The van der Waals surface area contributed by atoms with E-state index in [0.717, 1.165) is 53.7 Å². The average molecular weight is 395 g/mol. The van der Waals surface area contributed by atoms with E-state index in [2.05, 4.69) is 26.0 Å². The van der Waals surface area contributed by atoms with Crippen LogP contribution in [0.5, 0.6) is 0 Å². The molecule has 29 heavy (non-hydrogen) atoms. The van der Waals surface area contributed by atoms with E-state index in [0.29, 0.717) is 13.0 Å². The Bertz CT molecular complexity index is 1010. The first-order chi connectivity index (χ1) is 14.0. The van der Waals surface area contributed by atoms with Crippen LogP contribution in [0.25, 0.3) is 22.0 Å². The minimum atomic E-state index is -0.825. The van der Waals surface area contributed by atoms with Crippen molar-refractivity contribution in [2.24, 2.45) is 13.0 Å². The van der Waals surface area contributed by atoms with Crippen molar-refractivity contribution in [3.8, 4) is 11.1 Å². The molecule has 1 aliphatic rings. The van der Waals surface area contributed by atoms with Gasteiger partial charge in [-0.15, -0.1) is 0 Å². The number of hydrogen-bond donors (Lipinski definition) is 0. The Morgan fingerprint density at radius 2 is 1.97 bits per heavy atom. The summed E-state index contributed by atoms with van der Waals surface area (Å²) in [6.45, 7) is 3.61. The van der Waals surface area contributed by atoms with Gasteiger partial charge in [0.15, 0.2) is 0 Å². The Balaban J connectivity index is 1.44. The minimum Gasteiger partial charge on any atom is -0.300 e. The SMILES string of the molecule is C[C@@H](F)CN1CCC(C(=O)Cc2cc3cc(-c4cnn(C)c4)cnc3cn2)CC1. The second-order valence-electron chi connectivity index (χ2n) is 7.99.